The van der Waals surface area contributed by atoms with Crippen LogP contribution in [0, 0.1) is 5.82 Å². The Morgan fingerprint density at radius 2 is 1.52 bits per heavy atom. The third-order valence-electron chi connectivity index (χ3n) is 3.29. The Morgan fingerprint density at radius 3 is 2.12 bits per heavy atom. The average molecular weight is 385 g/mol. The van der Waals surface area contributed by atoms with Crippen molar-refractivity contribution in [2.75, 3.05) is 20.2 Å². The standard InChI is InChI=1S/C17H15Cl2FN2O3/c1-25-15-13(19)7-6-12(18)14(15)17(24)22-9-8-21-16(23)10-2-4-11(20)5-3-10/h2-7H,8-9H2,1H3,(H,21,23)(H,22,24). The number of amides is 2. The number of hydrogen-bond acceptors (Lipinski definition) is 3. The first-order valence-corrected chi connectivity index (χ1v) is 8.03. The van der Waals surface area contributed by atoms with Crippen LogP contribution in [-0.4, -0.2) is 32.0 Å². The predicted octanol–water partition coefficient (Wildman–Crippen LogP) is 3.30. The van der Waals surface area contributed by atoms with Gasteiger partial charge in [-0.2, -0.15) is 0 Å². The van der Waals surface area contributed by atoms with E-state index in [0.29, 0.717) is 5.56 Å². The first-order valence-electron chi connectivity index (χ1n) is 7.28. The molecule has 0 heterocycles. The number of halogens is 3. The smallest absolute Gasteiger partial charge is 0.256 e. The van der Waals surface area contributed by atoms with Crippen LogP contribution in [0.15, 0.2) is 36.4 Å². The van der Waals surface area contributed by atoms with E-state index in [1.54, 1.807) is 0 Å². The van der Waals surface area contributed by atoms with Crippen LogP contribution >= 0.6 is 23.2 Å². The van der Waals surface area contributed by atoms with E-state index in [-0.39, 0.29) is 40.4 Å². The van der Waals surface area contributed by atoms with Gasteiger partial charge >= 0.3 is 0 Å². The molecule has 2 aromatic rings. The molecule has 2 N–H and O–H groups in total. The first-order chi connectivity index (χ1) is 11.9. The SMILES string of the molecule is COc1c(Cl)ccc(Cl)c1C(=O)NCCNC(=O)c1ccc(F)cc1. The van der Waals surface area contributed by atoms with E-state index in [2.05, 4.69) is 10.6 Å². The van der Waals surface area contributed by atoms with Crippen LogP contribution in [0.2, 0.25) is 10.0 Å². The van der Waals surface area contributed by atoms with Gasteiger partial charge in [-0.1, -0.05) is 23.2 Å². The highest BCUT2D eigenvalue weighted by molar-refractivity contribution is 6.37. The van der Waals surface area contributed by atoms with Crippen molar-refractivity contribution in [1.82, 2.24) is 10.6 Å². The first kappa shape index (κ1) is 19.0. The summed E-state index contributed by atoms with van der Waals surface area (Å²) in [4.78, 5) is 24.1. The fourth-order valence-corrected chi connectivity index (χ4v) is 2.56. The normalized spacial score (nSPS) is 10.2. The molecular weight excluding hydrogens is 370 g/mol. The minimum absolute atomic E-state index is 0.126. The zero-order valence-corrected chi connectivity index (χ0v) is 14.7. The van der Waals surface area contributed by atoms with Crippen molar-refractivity contribution in [1.29, 1.82) is 0 Å². The maximum absolute atomic E-state index is 12.8. The Hall–Kier alpha value is -2.31. The van der Waals surface area contributed by atoms with Crippen LogP contribution < -0.4 is 15.4 Å². The van der Waals surface area contributed by atoms with E-state index in [1.165, 1.54) is 43.5 Å². The molecule has 5 nitrogen and oxygen atoms in total. The van der Waals surface area contributed by atoms with Crippen LogP contribution in [0.4, 0.5) is 4.39 Å². The lowest BCUT2D eigenvalue weighted by molar-refractivity contribution is 0.0926. The number of carbonyl (C=O) groups excluding carboxylic acids is 2. The predicted molar refractivity (Wildman–Crippen MR) is 94.1 cm³/mol. The molecule has 0 saturated carbocycles. The molecule has 0 unspecified atom stereocenters. The second-order valence-corrected chi connectivity index (χ2v) is 5.77. The van der Waals surface area contributed by atoms with Gasteiger partial charge in [-0.15, -0.1) is 0 Å². The van der Waals surface area contributed by atoms with Crippen molar-refractivity contribution >= 4 is 35.0 Å². The van der Waals surface area contributed by atoms with E-state index in [9.17, 15) is 14.0 Å². The second-order valence-electron chi connectivity index (χ2n) is 4.96. The van der Waals surface area contributed by atoms with Gasteiger partial charge < -0.3 is 15.4 Å². The van der Waals surface area contributed by atoms with Gasteiger partial charge in [0.05, 0.1) is 17.2 Å². The number of nitrogens with one attached hydrogen (secondary N) is 2. The van der Waals surface area contributed by atoms with Gasteiger partial charge in [-0.05, 0) is 36.4 Å². The molecule has 0 aliphatic heterocycles. The number of methoxy groups -OCH3 is 1. The summed E-state index contributed by atoms with van der Waals surface area (Å²) in [7, 11) is 1.39. The number of rotatable bonds is 6. The quantitative estimate of drug-likeness (QED) is 0.750. The minimum atomic E-state index is -0.472. The molecule has 2 aromatic carbocycles. The fourth-order valence-electron chi connectivity index (χ4n) is 2.09. The molecule has 0 aromatic heterocycles. The summed E-state index contributed by atoms with van der Waals surface area (Å²) in [5.74, 6) is -1.08. The lowest BCUT2D eigenvalue weighted by Gasteiger charge is -2.12. The molecule has 0 aliphatic carbocycles. The van der Waals surface area contributed by atoms with Gasteiger partial charge in [0.1, 0.15) is 11.4 Å². The maximum atomic E-state index is 12.8. The van der Waals surface area contributed by atoms with Gasteiger partial charge in [0.25, 0.3) is 11.8 Å². The van der Waals surface area contributed by atoms with Gasteiger partial charge in [-0.3, -0.25) is 9.59 Å². The van der Waals surface area contributed by atoms with Gasteiger partial charge in [-0.25, -0.2) is 4.39 Å². The molecule has 0 atom stereocenters. The zero-order chi connectivity index (χ0) is 18.4. The summed E-state index contributed by atoms with van der Waals surface area (Å²) in [6.45, 7) is 0.347. The van der Waals surface area contributed by atoms with Gasteiger partial charge in [0.15, 0.2) is 5.75 Å². The van der Waals surface area contributed by atoms with Crippen molar-refractivity contribution in [3.63, 3.8) is 0 Å². The highest BCUT2D eigenvalue weighted by atomic mass is 35.5. The number of carbonyl (C=O) groups is 2. The molecular formula is C17H15Cl2FN2O3. The Bertz CT molecular complexity index is 782. The summed E-state index contributed by atoms with van der Waals surface area (Å²) in [5, 5.41) is 5.70. The topological polar surface area (TPSA) is 67.4 Å². The van der Waals surface area contributed by atoms with Gasteiger partial charge in [0, 0.05) is 18.7 Å². The van der Waals surface area contributed by atoms with E-state index < -0.39 is 11.7 Å². The summed E-state index contributed by atoms with van der Waals surface area (Å²) in [5.41, 5.74) is 0.453. The van der Waals surface area contributed by atoms with Crippen molar-refractivity contribution in [3.8, 4) is 5.75 Å². The Morgan fingerprint density at radius 1 is 0.960 bits per heavy atom. The van der Waals surface area contributed by atoms with Crippen molar-refractivity contribution < 1.29 is 18.7 Å². The van der Waals surface area contributed by atoms with E-state index >= 15 is 0 Å². The van der Waals surface area contributed by atoms with Crippen molar-refractivity contribution in [2.45, 2.75) is 0 Å². The molecule has 132 valence electrons. The van der Waals surface area contributed by atoms with Crippen LogP contribution in [0.5, 0.6) is 5.75 Å². The highest BCUT2D eigenvalue weighted by Crippen LogP contribution is 2.33. The van der Waals surface area contributed by atoms with Crippen LogP contribution in [-0.2, 0) is 0 Å². The molecule has 0 saturated heterocycles. The summed E-state index contributed by atoms with van der Waals surface area (Å²) >= 11 is 12.0. The third-order valence-corrected chi connectivity index (χ3v) is 3.91. The van der Waals surface area contributed by atoms with E-state index in [0.717, 1.165) is 0 Å². The molecule has 25 heavy (non-hydrogen) atoms. The molecule has 0 radical (unpaired) electrons. The highest BCUT2D eigenvalue weighted by Gasteiger charge is 2.19. The molecule has 2 amide bonds. The Labute approximate surface area is 154 Å². The number of benzene rings is 2. The van der Waals surface area contributed by atoms with E-state index in [4.69, 9.17) is 27.9 Å². The number of ether oxygens (including phenoxy) is 1. The van der Waals surface area contributed by atoms with E-state index in [1.807, 2.05) is 0 Å². The summed E-state index contributed by atoms with van der Waals surface area (Å²) < 4.78 is 17.9. The zero-order valence-electron chi connectivity index (χ0n) is 13.2. The Kier molecular flexibility index (Phi) is 6.61. The summed E-state index contributed by atoms with van der Waals surface area (Å²) in [6.07, 6.45) is 0. The third kappa shape index (κ3) is 4.84. The van der Waals surface area contributed by atoms with Crippen molar-refractivity contribution in [3.05, 3.63) is 63.4 Å². The van der Waals surface area contributed by atoms with Crippen LogP contribution in [0.3, 0.4) is 0 Å². The second kappa shape index (κ2) is 8.69. The molecule has 0 bridgehead atoms. The number of hydrogen-bond donors (Lipinski definition) is 2. The minimum Gasteiger partial charge on any atom is -0.494 e. The van der Waals surface area contributed by atoms with Crippen LogP contribution in [0.25, 0.3) is 0 Å². The molecule has 0 spiro atoms. The largest absolute Gasteiger partial charge is 0.494 e. The summed E-state index contributed by atoms with van der Waals surface area (Å²) in [6, 6.07) is 8.17. The monoisotopic (exact) mass is 384 g/mol. The fraction of sp³-hybridized carbons (Fsp3) is 0.176. The molecule has 0 fully saturated rings. The molecule has 2 rings (SSSR count). The van der Waals surface area contributed by atoms with Crippen LogP contribution in [0.1, 0.15) is 20.7 Å². The Balaban J connectivity index is 1.90. The molecule has 8 heteroatoms. The lowest BCUT2D eigenvalue weighted by atomic mass is 10.2. The van der Waals surface area contributed by atoms with Crippen molar-refractivity contribution in [2.24, 2.45) is 0 Å². The lowest BCUT2D eigenvalue weighted by Crippen LogP contribution is -2.35. The maximum Gasteiger partial charge on any atom is 0.256 e. The van der Waals surface area contributed by atoms with Gasteiger partial charge in [0.2, 0.25) is 0 Å². The molecule has 0 aliphatic rings. The average Bonchev–Trinajstić information content (AvgIpc) is 2.60.